The third-order valence-corrected chi connectivity index (χ3v) is 6.02. The van der Waals surface area contributed by atoms with Crippen molar-refractivity contribution in [3.8, 4) is 0 Å². The van der Waals surface area contributed by atoms with Crippen LogP contribution in [-0.4, -0.2) is 42.3 Å². The van der Waals surface area contributed by atoms with Gasteiger partial charge >= 0.3 is 0 Å². The smallest absolute Gasteiger partial charge is 0.240 e. The van der Waals surface area contributed by atoms with Gasteiger partial charge in [0.15, 0.2) is 0 Å². The molecule has 3 fully saturated rings. The minimum atomic E-state index is -0.133. The van der Waals surface area contributed by atoms with Crippen LogP contribution in [0.25, 0.3) is 0 Å². The molecule has 5 heteroatoms. The van der Waals surface area contributed by atoms with Gasteiger partial charge in [0.05, 0.1) is 24.1 Å². The van der Waals surface area contributed by atoms with E-state index < -0.39 is 0 Å². The van der Waals surface area contributed by atoms with Crippen molar-refractivity contribution >= 4 is 11.8 Å². The Labute approximate surface area is 151 Å². The van der Waals surface area contributed by atoms with Gasteiger partial charge in [0.25, 0.3) is 0 Å². The van der Waals surface area contributed by atoms with Gasteiger partial charge in [0.2, 0.25) is 17.7 Å². The van der Waals surface area contributed by atoms with Crippen LogP contribution in [0.2, 0.25) is 0 Å². The number of carbonyl (C=O) groups is 2. The highest BCUT2D eigenvalue weighted by molar-refractivity contribution is 6.06. The van der Waals surface area contributed by atoms with E-state index in [0.29, 0.717) is 18.4 Å². The molecule has 0 N–H and O–H groups in total. The minimum absolute atomic E-state index is 0.0340. The van der Waals surface area contributed by atoms with Crippen LogP contribution in [0, 0.1) is 17.8 Å². The van der Waals surface area contributed by atoms with E-state index in [0.717, 1.165) is 44.2 Å². The molecular weight excluding hydrogens is 316 g/mol. The molecule has 2 amide bonds. The van der Waals surface area contributed by atoms with Gasteiger partial charge in [0, 0.05) is 20.0 Å². The maximum Gasteiger partial charge on any atom is 0.240 e. The number of nitrogens with zero attached hydrogens (tertiary/aromatic N) is 2. The van der Waals surface area contributed by atoms with Crippen molar-refractivity contribution in [3.05, 3.63) is 11.6 Å². The number of hydrogen-bond donors (Lipinski definition) is 0. The summed E-state index contributed by atoms with van der Waals surface area (Å²) < 4.78 is 5.97. The van der Waals surface area contributed by atoms with Crippen LogP contribution >= 0.6 is 0 Å². The Kier molecular flexibility index (Phi) is 5.70. The largest absolute Gasteiger partial charge is 0.478 e. The summed E-state index contributed by atoms with van der Waals surface area (Å²) in [6.45, 7) is 2.39. The molecule has 0 aromatic rings. The number of ether oxygens (including phenoxy) is 1. The average Bonchev–Trinajstić information content (AvgIpc) is 2.87. The monoisotopic (exact) mass is 348 g/mol. The summed E-state index contributed by atoms with van der Waals surface area (Å²) in [6, 6.07) is 0. The molecule has 5 nitrogen and oxygen atoms in total. The molecule has 25 heavy (non-hydrogen) atoms. The van der Waals surface area contributed by atoms with Crippen LogP contribution in [0.1, 0.15) is 64.7 Å². The molecule has 0 radical (unpaired) electrons. The zero-order valence-electron chi connectivity index (χ0n) is 15.9. The Balaban J connectivity index is 2.00. The van der Waals surface area contributed by atoms with Crippen molar-refractivity contribution in [1.29, 1.82) is 0 Å². The van der Waals surface area contributed by atoms with Crippen molar-refractivity contribution < 1.29 is 14.3 Å². The predicted molar refractivity (Wildman–Crippen MR) is 96.2 cm³/mol. The van der Waals surface area contributed by atoms with Gasteiger partial charge in [-0.3, -0.25) is 9.59 Å². The normalized spacial score (nSPS) is 28.7. The summed E-state index contributed by atoms with van der Waals surface area (Å²) in [5, 5.41) is 0. The molecule has 0 aromatic carbocycles. The second-order valence-corrected chi connectivity index (χ2v) is 7.86. The first-order chi connectivity index (χ1) is 12.1. The van der Waals surface area contributed by atoms with Gasteiger partial charge in [-0.25, -0.2) is 4.90 Å². The Bertz CT molecular complexity index is 525. The Morgan fingerprint density at radius 1 is 0.960 bits per heavy atom. The molecule has 140 valence electrons. The first-order valence-corrected chi connectivity index (χ1v) is 9.98. The van der Waals surface area contributed by atoms with Crippen molar-refractivity contribution in [3.63, 3.8) is 0 Å². The standard InChI is InChI=1S/C20H32N2O3/c1-4-25-20(17(21(2)3)14-10-6-5-7-11-14)22-18(23)15-12-8-9-13-16(15)19(22)24/h14-16H,4-13H2,1-3H3/b20-17-. The van der Waals surface area contributed by atoms with E-state index in [-0.39, 0.29) is 23.7 Å². The number of allylic oxidation sites excluding steroid dienone is 1. The van der Waals surface area contributed by atoms with E-state index in [9.17, 15) is 9.59 Å². The SMILES string of the molecule is CCO/C(=C(/C1CCCCC1)N(C)C)N1C(=O)C2CCCCC2C1=O. The third kappa shape index (κ3) is 3.42. The Hall–Kier alpha value is -1.52. The van der Waals surface area contributed by atoms with E-state index in [1.807, 2.05) is 21.0 Å². The molecule has 2 aliphatic carbocycles. The zero-order chi connectivity index (χ0) is 18.0. The van der Waals surface area contributed by atoms with Crippen LogP contribution in [0.5, 0.6) is 0 Å². The molecule has 0 spiro atoms. The van der Waals surface area contributed by atoms with E-state index in [1.165, 1.54) is 24.2 Å². The number of imide groups is 1. The summed E-state index contributed by atoms with van der Waals surface area (Å²) in [5.41, 5.74) is 1.03. The molecule has 3 aliphatic rings. The third-order valence-electron chi connectivity index (χ3n) is 6.02. The lowest BCUT2D eigenvalue weighted by molar-refractivity contribution is -0.141. The van der Waals surface area contributed by atoms with Crippen LogP contribution < -0.4 is 0 Å². The van der Waals surface area contributed by atoms with E-state index in [2.05, 4.69) is 4.90 Å². The lowest BCUT2D eigenvalue weighted by atomic mass is 9.81. The second-order valence-electron chi connectivity index (χ2n) is 7.86. The zero-order valence-corrected chi connectivity index (χ0v) is 15.9. The number of carbonyl (C=O) groups excluding carboxylic acids is 2. The van der Waals surface area contributed by atoms with E-state index in [4.69, 9.17) is 4.74 Å². The topological polar surface area (TPSA) is 49.9 Å². The van der Waals surface area contributed by atoms with Crippen LogP contribution in [0.15, 0.2) is 11.6 Å². The van der Waals surface area contributed by atoms with Crippen molar-refractivity contribution in [1.82, 2.24) is 9.80 Å². The number of amides is 2. The van der Waals surface area contributed by atoms with Gasteiger partial charge in [-0.05, 0) is 32.6 Å². The van der Waals surface area contributed by atoms with Gasteiger partial charge in [0.1, 0.15) is 0 Å². The fourth-order valence-corrected chi connectivity index (χ4v) is 4.86. The summed E-state index contributed by atoms with van der Waals surface area (Å²) in [5.74, 6) is 0.553. The molecule has 2 atom stereocenters. The quantitative estimate of drug-likeness (QED) is 0.563. The minimum Gasteiger partial charge on any atom is -0.478 e. The number of likely N-dealkylation sites (tertiary alicyclic amines) is 1. The highest BCUT2D eigenvalue weighted by Crippen LogP contribution is 2.42. The van der Waals surface area contributed by atoms with Crippen LogP contribution in [0.3, 0.4) is 0 Å². The number of hydrogen-bond acceptors (Lipinski definition) is 4. The van der Waals surface area contributed by atoms with Gasteiger partial charge in [-0.1, -0.05) is 32.1 Å². The summed E-state index contributed by atoms with van der Waals surface area (Å²) in [7, 11) is 4.00. The fraction of sp³-hybridized carbons (Fsp3) is 0.800. The molecule has 1 aliphatic heterocycles. The maximum absolute atomic E-state index is 13.0. The molecule has 2 unspecified atom stereocenters. The van der Waals surface area contributed by atoms with Crippen molar-refractivity contribution in [2.24, 2.45) is 17.8 Å². The Morgan fingerprint density at radius 3 is 1.96 bits per heavy atom. The molecular formula is C20H32N2O3. The Morgan fingerprint density at radius 2 is 1.48 bits per heavy atom. The molecule has 1 saturated heterocycles. The maximum atomic E-state index is 13.0. The first kappa shape index (κ1) is 18.3. The van der Waals surface area contributed by atoms with Gasteiger partial charge in [-0.15, -0.1) is 0 Å². The molecule has 0 bridgehead atoms. The lowest BCUT2D eigenvalue weighted by Crippen LogP contribution is -2.36. The van der Waals surface area contributed by atoms with Gasteiger partial charge in [-0.2, -0.15) is 0 Å². The van der Waals surface area contributed by atoms with E-state index >= 15 is 0 Å². The molecule has 0 aromatic heterocycles. The average molecular weight is 348 g/mol. The van der Waals surface area contributed by atoms with Crippen LogP contribution in [0.4, 0.5) is 0 Å². The molecule has 2 saturated carbocycles. The lowest BCUT2D eigenvalue weighted by Gasteiger charge is -2.33. The number of rotatable bonds is 5. The highest BCUT2D eigenvalue weighted by Gasteiger charge is 2.51. The summed E-state index contributed by atoms with van der Waals surface area (Å²) in [6.07, 6.45) is 9.66. The van der Waals surface area contributed by atoms with Crippen LogP contribution in [-0.2, 0) is 14.3 Å². The highest BCUT2D eigenvalue weighted by atomic mass is 16.5. The summed E-state index contributed by atoms with van der Waals surface area (Å²) >= 11 is 0. The van der Waals surface area contributed by atoms with Gasteiger partial charge < -0.3 is 9.64 Å². The van der Waals surface area contributed by atoms with Crippen molar-refractivity contribution in [2.45, 2.75) is 64.7 Å². The number of fused-ring (bicyclic) bond motifs is 1. The molecule has 3 rings (SSSR count). The molecule has 1 heterocycles. The first-order valence-electron chi connectivity index (χ1n) is 9.98. The van der Waals surface area contributed by atoms with E-state index in [1.54, 1.807) is 0 Å². The van der Waals surface area contributed by atoms with Crippen molar-refractivity contribution in [2.75, 3.05) is 20.7 Å². The fourth-order valence-electron chi connectivity index (χ4n) is 4.86. The summed E-state index contributed by atoms with van der Waals surface area (Å²) in [4.78, 5) is 29.6. The second kappa shape index (κ2) is 7.79. The predicted octanol–water partition coefficient (Wildman–Crippen LogP) is 3.51.